The molecule has 0 aliphatic heterocycles. The molecule has 2 nitrogen and oxygen atoms in total. The van der Waals surface area contributed by atoms with E-state index in [1.54, 1.807) is 11.4 Å². The average molecular weight is 331 g/mol. The van der Waals surface area contributed by atoms with E-state index in [-0.39, 0.29) is 0 Å². The normalized spacial score (nSPS) is 58.4. The van der Waals surface area contributed by atoms with Crippen molar-refractivity contribution >= 4 is 11.4 Å². The third kappa shape index (κ3) is 2.24. The molecule has 8 aliphatic carbocycles. The Kier molecular flexibility index (Phi) is 2.87. The Morgan fingerprint density at radius 1 is 0.478 bits per heavy atom. The molecule has 0 amide bonds. The van der Waals surface area contributed by atoms with Gasteiger partial charge in [-0.1, -0.05) is 0 Å². The molecule has 126 valence electrons. The second kappa shape index (κ2) is 4.71. The fraction of sp³-hybridized carbons (Fsp3) is 1.00. The van der Waals surface area contributed by atoms with Crippen LogP contribution in [0.3, 0.4) is 0 Å². The average Bonchev–Trinajstić information content (AvgIpc) is 2.43. The van der Waals surface area contributed by atoms with E-state index in [1.165, 1.54) is 77.0 Å². The summed E-state index contributed by atoms with van der Waals surface area (Å²) in [5.41, 5.74) is 0.677. The van der Waals surface area contributed by atoms with Crippen molar-refractivity contribution in [1.82, 2.24) is 0 Å². The molecule has 0 aromatic heterocycles. The van der Waals surface area contributed by atoms with E-state index in [0.717, 1.165) is 35.5 Å². The van der Waals surface area contributed by atoms with Crippen molar-refractivity contribution in [1.29, 1.82) is 0 Å². The van der Waals surface area contributed by atoms with E-state index in [0.29, 0.717) is 11.1 Å². The maximum absolute atomic E-state index is 5.24. The van der Waals surface area contributed by atoms with Crippen LogP contribution in [0.25, 0.3) is 0 Å². The molecule has 0 unspecified atom stereocenters. The minimum Gasteiger partial charge on any atom is -0.207 e. The van der Waals surface area contributed by atoms with Crippen LogP contribution in [0.1, 0.15) is 77.0 Å². The second-order valence-corrected chi connectivity index (χ2v) is 11.1. The van der Waals surface area contributed by atoms with E-state index in [4.69, 9.17) is 8.73 Å². The van der Waals surface area contributed by atoms with Gasteiger partial charge in [-0.05, 0) is 113 Å². The molecule has 0 aromatic carbocycles. The van der Waals surface area contributed by atoms with Gasteiger partial charge in [0.15, 0.2) is 0 Å². The Balaban J connectivity index is 1.27. The predicted octanol–water partition coefficient (Wildman–Crippen LogP) is 5.37. The Labute approximate surface area is 144 Å². The number of nitrogens with zero attached hydrogens (tertiary/aromatic N) is 2. The van der Waals surface area contributed by atoms with Gasteiger partial charge in [0.25, 0.3) is 0 Å². The Hall–Kier alpha value is -0.180. The molecule has 0 radical (unpaired) electrons. The maximum Gasteiger partial charge on any atom is 0.0753 e. The summed E-state index contributed by atoms with van der Waals surface area (Å²) in [5, 5.41) is 0. The van der Waals surface area contributed by atoms with Crippen molar-refractivity contribution in [2.24, 2.45) is 44.2 Å². The predicted molar refractivity (Wildman–Crippen MR) is 94.0 cm³/mol. The third-order valence-electron chi connectivity index (χ3n) is 8.48. The van der Waals surface area contributed by atoms with Gasteiger partial charge in [-0.2, -0.15) is 0 Å². The summed E-state index contributed by atoms with van der Waals surface area (Å²) in [7, 11) is 0. The maximum atomic E-state index is 5.24. The fourth-order valence-electron chi connectivity index (χ4n) is 8.55. The molecular weight excluding hydrogens is 300 g/mol. The van der Waals surface area contributed by atoms with Crippen LogP contribution < -0.4 is 0 Å². The van der Waals surface area contributed by atoms with Crippen molar-refractivity contribution < 1.29 is 0 Å². The van der Waals surface area contributed by atoms with Crippen molar-refractivity contribution in [3.05, 3.63) is 0 Å². The van der Waals surface area contributed by atoms with E-state index >= 15 is 0 Å². The number of hydrogen-bond donors (Lipinski definition) is 0. The molecule has 3 heteroatoms. The Morgan fingerprint density at radius 2 is 0.739 bits per heavy atom. The lowest BCUT2D eigenvalue weighted by Gasteiger charge is -2.54. The third-order valence-corrected chi connectivity index (χ3v) is 9.42. The minimum absolute atomic E-state index is 0.339. The summed E-state index contributed by atoms with van der Waals surface area (Å²) in [5.74, 6) is 6.03. The summed E-state index contributed by atoms with van der Waals surface area (Å²) in [6.45, 7) is 0. The Bertz CT molecular complexity index is 470. The fourth-order valence-corrected chi connectivity index (χ4v) is 9.38. The van der Waals surface area contributed by atoms with E-state index < -0.39 is 0 Å². The highest BCUT2D eigenvalue weighted by atomic mass is 32.1. The zero-order valence-electron chi connectivity index (χ0n) is 14.3. The highest BCUT2D eigenvalue weighted by molar-refractivity contribution is 7.57. The summed E-state index contributed by atoms with van der Waals surface area (Å²) in [4.78, 5) is 0. The van der Waals surface area contributed by atoms with Crippen LogP contribution in [-0.2, 0) is 11.4 Å². The van der Waals surface area contributed by atoms with Crippen molar-refractivity contribution in [3.63, 3.8) is 0 Å². The van der Waals surface area contributed by atoms with Gasteiger partial charge in [-0.3, -0.25) is 0 Å². The zero-order chi connectivity index (χ0) is 15.1. The minimum atomic E-state index is 0.339. The first-order valence-electron chi connectivity index (χ1n) is 10.3. The topological polar surface area (TPSA) is 24.7 Å². The Morgan fingerprint density at radius 3 is 1.00 bits per heavy atom. The second-order valence-electron chi connectivity index (χ2n) is 10.5. The van der Waals surface area contributed by atoms with Crippen LogP contribution in [-0.4, -0.2) is 11.1 Å². The molecule has 8 bridgehead atoms. The molecule has 0 aromatic rings. The quantitative estimate of drug-likeness (QED) is 0.650. The zero-order valence-corrected chi connectivity index (χ0v) is 15.1. The molecular formula is C20H30N2S. The van der Waals surface area contributed by atoms with Gasteiger partial charge < -0.3 is 0 Å². The lowest BCUT2D eigenvalue weighted by atomic mass is 9.53. The monoisotopic (exact) mass is 330 g/mol. The van der Waals surface area contributed by atoms with Crippen molar-refractivity contribution in [2.75, 3.05) is 0 Å². The van der Waals surface area contributed by atoms with Crippen LogP contribution in [0, 0.1) is 35.5 Å². The van der Waals surface area contributed by atoms with Crippen LogP contribution in [0.2, 0.25) is 0 Å². The van der Waals surface area contributed by atoms with Crippen LogP contribution in [0.5, 0.6) is 0 Å². The van der Waals surface area contributed by atoms with Gasteiger partial charge in [0.2, 0.25) is 0 Å². The largest absolute Gasteiger partial charge is 0.207 e. The molecule has 8 rings (SSSR count). The first kappa shape index (κ1) is 14.0. The molecule has 8 saturated carbocycles. The number of rotatable bonds is 2. The van der Waals surface area contributed by atoms with Crippen LogP contribution >= 0.6 is 0 Å². The van der Waals surface area contributed by atoms with E-state index in [1.807, 2.05) is 0 Å². The lowest BCUT2D eigenvalue weighted by molar-refractivity contribution is 0.00137. The van der Waals surface area contributed by atoms with E-state index in [9.17, 15) is 0 Å². The SMILES string of the molecule is C1C2CC3CC1CC(N=S=NC14CC5CC(CC(C5)C1)C4)(C2)C3. The highest BCUT2D eigenvalue weighted by Crippen LogP contribution is 2.58. The summed E-state index contributed by atoms with van der Waals surface area (Å²) in [6, 6.07) is 0. The first-order chi connectivity index (χ1) is 11.2. The summed E-state index contributed by atoms with van der Waals surface area (Å²) >= 11 is 1.68. The molecule has 23 heavy (non-hydrogen) atoms. The van der Waals surface area contributed by atoms with Gasteiger partial charge in [-0.25, -0.2) is 8.73 Å². The van der Waals surface area contributed by atoms with Gasteiger partial charge in [0.05, 0.1) is 22.4 Å². The first-order valence-corrected chi connectivity index (χ1v) is 11.0. The van der Waals surface area contributed by atoms with Gasteiger partial charge >= 0.3 is 0 Å². The molecule has 0 spiro atoms. The molecule has 8 fully saturated rings. The molecule has 0 saturated heterocycles. The van der Waals surface area contributed by atoms with Gasteiger partial charge in [0.1, 0.15) is 0 Å². The standard InChI is InChI=1S/C20H30N2S/c1-13-2-15-3-14(1)8-19(7-13,9-15)21-23-22-20-10-16-4-17(11-20)6-18(5-16)12-20/h13-18H,1-12H2. The summed E-state index contributed by atoms with van der Waals surface area (Å²) in [6.07, 6.45) is 17.5. The van der Waals surface area contributed by atoms with Crippen molar-refractivity contribution in [3.8, 4) is 0 Å². The van der Waals surface area contributed by atoms with E-state index in [2.05, 4.69) is 0 Å². The molecule has 8 aliphatic rings. The number of hydrogen-bond acceptors (Lipinski definition) is 2. The van der Waals surface area contributed by atoms with Gasteiger partial charge in [0, 0.05) is 0 Å². The van der Waals surface area contributed by atoms with Crippen LogP contribution in [0.4, 0.5) is 0 Å². The smallest absolute Gasteiger partial charge is 0.0753 e. The molecule has 0 heterocycles. The van der Waals surface area contributed by atoms with Crippen molar-refractivity contribution in [2.45, 2.75) is 88.1 Å². The molecule has 0 atom stereocenters. The van der Waals surface area contributed by atoms with Crippen LogP contribution in [0.15, 0.2) is 8.73 Å². The molecule has 0 N–H and O–H groups in total. The highest BCUT2D eigenvalue weighted by Gasteiger charge is 2.52. The van der Waals surface area contributed by atoms with Gasteiger partial charge in [-0.15, -0.1) is 0 Å². The lowest BCUT2D eigenvalue weighted by Crippen LogP contribution is -2.49. The summed E-state index contributed by atoms with van der Waals surface area (Å²) < 4.78 is 10.5.